The first kappa shape index (κ1) is 22.0. The third kappa shape index (κ3) is 5.91. The van der Waals surface area contributed by atoms with Crippen LogP contribution in [0.15, 0.2) is 48.5 Å². The van der Waals surface area contributed by atoms with Crippen LogP contribution in [0.5, 0.6) is 5.75 Å². The highest BCUT2D eigenvalue weighted by atomic mass is 32.1. The molecule has 2 N–H and O–H groups in total. The van der Waals surface area contributed by atoms with Crippen molar-refractivity contribution >= 4 is 28.8 Å². The monoisotopic (exact) mass is 450 g/mol. The summed E-state index contributed by atoms with van der Waals surface area (Å²) >= 11 is 1.19. The molecule has 0 atom stereocenters. The number of carbonyl (C=O) groups is 2. The number of nitrogens with one attached hydrogen (secondary N) is 2. The standard InChI is InChI=1S/C24H26N4O3S/c1-16-6-5-9-20(14-16)31-15-21-27-28-24(32-21)23(30)26-19-12-10-17(11-13-19)22(29)25-18-7-3-2-4-8-18/h5-6,9-14,18H,2-4,7-8,15H2,1H3,(H,25,29)(H,26,30). The van der Waals surface area contributed by atoms with E-state index in [0.29, 0.717) is 16.3 Å². The lowest BCUT2D eigenvalue weighted by Crippen LogP contribution is -2.36. The van der Waals surface area contributed by atoms with E-state index in [1.165, 1.54) is 30.6 Å². The van der Waals surface area contributed by atoms with Crippen LogP contribution in [0.2, 0.25) is 0 Å². The van der Waals surface area contributed by atoms with Crippen LogP contribution < -0.4 is 15.4 Å². The zero-order valence-corrected chi connectivity index (χ0v) is 18.8. The maximum Gasteiger partial charge on any atom is 0.286 e. The molecule has 1 aromatic heterocycles. The number of aryl methyl sites for hydroxylation is 1. The Balaban J connectivity index is 1.29. The van der Waals surface area contributed by atoms with E-state index < -0.39 is 0 Å². The maximum absolute atomic E-state index is 12.5. The van der Waals surface area contributed by atoms with Crippen LogP contribution in [0.4, 0.5) is 5.69 Å². The van der Waals surface area contributed by atoms with Gasteiger partial charge in [0.05, 0.1) is 0 Å². The zero-order chi connectivity index (χ0) is 22.3. The minimum Gasteiger partial charge on any atom is -0.486 e. The summed E-state index contributed by atoms with van der Waals surface area (Å²) in [5.41, 5.74) is 2.29. The van der Waals surface area contributed by atoms with Gasteiger partial charge in [0.15, 0.2) is 5.01 Å². The fourth-order valence-corrected chi connectivity index (χ4v) is 4.31. The molecule has 0 radical (unpaired) electrons. The number of nitrogens with zero attached hydrogens (tertiary/aromatic N) is 2. The molecule has 0 aliphatic heterocycles. The first-order valence-corrected chi connectivity index (χ1v) is 11.6. The molecule has 32 heavy (non-hydrogen) atoms. The molecule has 0 saturated heterocycles. The van der Waals surface area contributed by atoms with Crippen molar-refractivity contribution in [2.45, 2.75) is 51.7 Å². The SMILES string of the molecule is Cc1cccc(OCc2nnc(C(=O)Nc3ccc(C(=O)NC4CCCCC4)cc3)s2)c1. The molecular weight excluding hydrogens is 424 g/mol. The molecule has 1 aliphatic rings. The lowest BCUT2D eigenvalue weighted by atomic mass is 9.95. The quantitative estimate of drug-likeness (QED) is 0.542. The Hall–Kier alpha value is -3.26. The third-order valence-corrected chi connectivity index (χ3v) is 6.25. The van der Waals surface area contributed by atoms with Gasteiger partial charge in [-0.2, -0.15) is 0 Å². The highest BCUT2D eigenvalue weighted by Crippen LogP contribution is 2.20. The zero-order valence-electron chi connectivity index (χ0n) is 18.0. The molecular formula is C24H26N4O3S. The summed E-state index contributed by atoms with van der Waals surface area (Å²) < 4.78 is 5.71. The summed E-state index contributed by atoms with van der Waals surface area (Å²) in [6.45, 7) is 2.25. The third-order valence-electron chi connectivity index (χ3n) is 5.36. The molecule has 1 heterocycles. The predicted molar refractivity (Wildman–Crippen MR) is 124 cm³/mol. The van der Waals surface area contributed by atoms with E-state index in [0.717, 1.165) is 24.2 Å². The van der Waals surface area contributed by atoms with Gasteiger partial charge in [0.25, 0.3) is 11.8 Å². The van der Waals surface area contributed by atoms with Crippen molar-refractivity contribution in [3.05, 3.63) is 69.7 Å². The van der Waals surface area contributed by atoms with E-state index in [-0.39, 0.29) is 29.5 Å². The van der Waals surface area contributed by atoms with Gasteiger partial charge in [0, 0.05) is 17.3 Å². The molecule has 3 aromatic rings. The number of rotatable bonds is 7. The Kier molecular flexibility index (Phi) is 7.11. The van der Waals surface area contributed by atoms with E-state index >= 15 is 0 Å². The van der Waals surface area contributed by atoms with Crippen LogP contribution in [0.3, 0.4) is 0 Å². The van der Waals surface area contributed by atoms with Crippen LogP contribution in [-0.4, -0.2) is 28.1 Å². The van der Waals surface area contributed by atoms with E-state index in [2.05, 4.69) is 20.8 Å². The Morgan fingerprint density at radius 3 is 2.56 bits per heavy atom. The van der Waals surface area contributed by atoms with Gasteiger partial charge in [-0.25, -0.2) is 0 Å². The second kappa shape index (κ2) is 10.4. The van der Waals surface area contributed by atoms with E-state index in [4.69, 9.17) is 4.74 Å². The Bertz CT molecular complexity index is 1070. The molecule has 7 nitrogen and oxygen atoms in total. The number of carbonyl (C=O) groups excluding carboxylic acids is 2. The molecule has 0 unspecified atom stereocenters. The van der Waals surface area contributed by atoms with Gasteiger partial charge in [0.2, 0.25) is 5.01 Å². The van der Waals surface area contributed by atoms with Gasteiger partial charge < -0.3 is 15.4 Å². The Morgan fingerprint density at radius 1 is 1.03 bits per heavy atom. The predicted octanol–water partition coefficient (Wildman–Crippen LogP) is 4.74. The normalized spacial score (nSPS) is 14.0. The minimum absolute atomic E-state index is 0.0721. The summed E-state index contributed by atoms with van der Waals surface area (Å²) in [4.78, 5) is 24.9. The van der Waals surface area contributed by atoms with E-state index in [1.807, 2.05) is 31.2 Å². The molecule has 1 saturated carbocycles. The van der Waals surface area contributed by atoms with Crippen LogP contribution in [0.25, 0.3) is 0 Å². The number of hydrogen-bond acceptors (Lipinski definition) is 6. The molecule has 166 valence electrons. The number of ether oxygens (including phenoxy) is 1. The fourth-order valence-electron chi connectivity index (χ4n) is 3.66. The number of aromatic nitrogens is 2. The van der Waals surface area contributed by atoms with Crippen molar-refractivity contribution in [3.8, 4) is 5.75 Å². The summed E-state index contributed by atoms with van der Waals surface area (Å²) in [5, 5.41) is 14.8. The molecule has 2 amide bonds. The van der Waals surface area contributed by atoms with Crippen LogP contribution in [-0.2, 0) is 6.61 Å². The van der Waals surface area contributed by atoms with Gasteiger partial charge in [-0.15, -0.1) is 10.2 Å². The van der Waals surface area contributed by atoms with Gasteiger partial charge in [0.1, 0.15) is 12.4 Å². The smallest absolute Gasteiger partial charge is 0.286 e. The molecule has 0 bridgehead atoms. The summed E-state index contributed by atoms with van der Waals surface area (Å²) in [6, 6.07) is 14.9. The van der Waals surface area contributed by atoms with E-state index in [9.17, 15) is 9.59 Å². The van der Waals surface area contributed by atoms with Gasteiger partial charge in [-0.3, -0.25) is 9.59 Å². The highest BCUT2D eigenvalue weighted by Gasteiger charge is 2.17. The van der Waals surface area contributed by atoms with Crippen molar-refractivity contribution < 1.29 is 14.3 Å². The fraction of sp³-hybridized carbons (Fsp3) is 0.333. The second-order valence-electron chi connectivity index (χ2n) is 7.95. The maximum atomic E-state index is 12.5. The minimum atomic E-state index is -0.344. The van der Waals surface area contributed by atoms with Crippen LogP contribution >= 0.6 is 11.3 Å². The summed E-state index contributed by atoms with van der Waals surface area (Å²) in [5.74, 6) is 0.333. The average molecular weight is 451 g/mol. The van der Waals surface area contributed by atoms with E-state index in [1.54, 1.807) is 24.3 Å². The van der Waals surface area contributed by atoms with Crippen molar-refractivity contribution in [1.82, 2.24) is 15.5 Å². The molecule has 4 rings (SSSR count). The van der Waals surface area contributed by atoms with Crippen molar-refractivity contribution in [3.63, 3.8) is 0 Å². The average Bonchev–Trinajstić information content (AvgIpc) is 3.28. The highest BCUT2D eigenvalue weighted by molar-refractivity contribution is 7.13. The second-order valence-corrected chi connectivity index (χ2v) is 9.01. The molecule has 8 heteroatoms. The number of amides is 2. The number of anilines is 1. The lowest BCUT2D eigenvalue weighted by molar-refractivity contribution is 0.0927. The topological polar surface area (TPSA) is 93.2 Å². The Morgan fingerprint density at radius 2 is 1.81 bits per heavy atom. The Labute approximate surface area is 191 Å². The van der Waals surface area contributed by atoms with Crippen molar-refractivity contribution in [1.29, 1.82) is 0 Å². The van der Waals surface area contributed by atoms with Gasteiger partial charge in [-0.1, -0.05) is 42.7 Å². The molecule has 1 aliphatic carbocycles. The van der Waals surface area contributed by atoms with Crippen molar-refractivity contribution in [2.75, 3.05) is 5.32 Å². The van der Waals surface area contributed by atoms with Gasteiger partial charge in [-0.05, 0) is 61.7 Å². The molecule has 2 aromatic carbocycles. The summed E-state index contributed by atoms with van der Waals surface area (Å²) in [7, 11) is 0. The molecule has 1 fully saturated rings. The first-order chi connectivity index (χ1) is 15.6. The van der Waals surface area contributed by atoms with Crippen LogP contribution in [0, 0.1) is 6.92 Å². The van der Waals surface area contributed by atoms with Crippen molar-refractivity contribution in [2.24, 2.45) is 0 Å². The summed E-state index contributed by atoms with van der Waals surface area (Å²) in [6.07, 6.45) is 5.67. The first-order valence-electron chi connectivity index (χ1n) is 10.8. The van der Waals surface area contributed by atoms with Gasteiger partial charge >= 0.3 is 0 Å². The number of hydrogen-bond donors (Lipinski definition) is 2. The van der Waals surface area contributed by atoms with Crippen LogP contribution in [0.1, 0.15) is 62.8 Å². The lowest BCUT2D eigenvalue weighted by Gasteiger charge is -2.22. The number of benzene rings is 2. The molecule has 0 spiro atoms. The largest absolute Gasteiger partial charge is 0.486 e.